The van der Waals surface area contributed by atoms with Crippen molar-refractivity contribution < 1.29 is 14.3 Å². The Bertz CT molecular complexity index is 976. The number of fused-ring (bicyclic) bond motifs is 1. The molecule has 0 aliphatic carbocycles. The molecule has 0 saturated carbocycles. The zero-order valence-corrected chi connectivity index (χ0v) is 14.8. The van der Waals surface area contributed by atoms with Gasteiger partial charge in [0.1, 0.15) is 5.75 Å². The number of rotatable bonds is 5. The normalized spacial score (nSPS) is 13.0. The molecule has 5 heteroatoms. The first-order valence-electron chi connectivity index (χ1n) is 9.04. The van der Waals surface area contributed by atoms with Crippen LogP contribution < -0.4 is 10.1 Å². The number of aryl methyl sites for hydroxylation is 2. The summed E-state index contributed by atoms with van der Waals surface area (Å²) in [5.41, 5.74) is 4.95. The third-order valence-corrected chi connectivity index (χ3v) is 4.63. The molecule has 0 bridgehead atoms. The topological polar surface area (TPSA) is 71.2 Å². The van der Waals surface area contributed by atoms with Gasteiger partial charge in [-0.2, -0.15) is 0 Å². The molecule has 2 N–H and O–H groups in total. The van der Waals surface area contributed by atoms with Gasteiger partial charge in [-0.05, 0) is 54.3 Å². The van der Waals surface area contributed by atoms with E-state index in [0.29, 0.717) is 31.4 Å². The molecule has 1 amide bonds. The summed E-state index contributed by atoms with van der Waals surface area (Å²) in [6.07, 6.45) is 2.01. The SMILES string of the molecule is O=C1CCc2cc(OC(=O)CCc3ccc(-c4ccccc4)[nH]3)ccc2N1. The van der Waals surface area contributed by atoms with Gasteiger partial charge in [0.15, 0.2) is 0 Å². The molecular weight excluding hydrogens is 340 g/mol. The number of carbonyl (C=O) groups excluding carboxylic acids is 2. The quantitative estimate of drug-likeness (QED) is 0.531. The van der Waals surface area contributed by atoms with E-state index in [0.717, 1.165) is 28.2 Å². The minimum atomic E-state index is -0.273. The van der Waals surface area contributed by atoms with Crippen LogP contribution in [0.25, 0.3) is 11.3 Å². The summed E-state index contributed by atoms with van der Waals surface area (Å²) in [6.45, 7) is 0. The number of amides is 1. The van der Waals surface area contributed by atoms with Gasteiger partial charge >= 0.3 is 5.97 Å². The van der Waals surface area contributed by atoms with Gasteiger partial charge < -0.3 is 15.0 Å². The molecule has 2 aromatic carbocycles. The molecule has 5 nitrogen and oxygen atoms in total. The van der Waals surface area contributed by atoms with Crippen LogP contribution in [0.15, 0.2) is 60.7 Å². The molecule has 0 fully saturated rings. The number of nitrogens with one attached hydrogen (secondary N) is 2. The van der Waals surface area contributed by atoms with Crippen LogP contribution >= 0.6 is 0 Å². The maximum absolute atomic E-state index is 12.2. The van der Waals surface area contributed by atoms with E-state index in [9.17, 15) is 9.59 Å². The second-order valence-corrected chi connectivity index (χ2v) is 6.60. The summed E-state index contributed by atoms with van der Waals surface area (Å²) < 4.78 is 5.45. The van der Waals surface area contributed by atoms with E-state index in [1.165, 1.54) is 0 Å². The van der Waals surface area contributed by atoms with Crippen molar-refractivity contribution in [2.24, 2.45) is 0 Å². The fourth-order valence-electron chi connectivity index (χ4n) is 3.21. The van der Waals surface area contributed by atoms with Gasteiger partial charge in [0, 0.05) is 23.5 Å². The molecule has 0 spiro atoms. The highest BCUT2D eigenvalue weighted by molar-refractivity contribution is 5.94. The van der Waals surface area contributed by atoms with Crippen molar-refractivity contribution in [1.29, 1.82) is 0 Å². The second-order valence-electron chi connectivity index (χ2n) is 6.60. The lowest BCUT2D eigenvalue weighted by Gasteiger charge is -2.17. The van der Waals surface area contributed by atoms with Gasteiger partial charge in [0.2, 0.25) is 5.91 Å². The predicted molar refractivity (Wildman–Crippen MR) is 104 cm³/mol. The van der Waals surface area contributed by atoms with Crippen LogP contribution in [-0.4, -0.2) is 16.9 Å². The van der Waals surface area contributed by atoms with E-state index < -0.39 is 0 Å². The predicted octanol–water partition coefficient (Wildman–Crippen LogP) is 4.10. The molecule has 4 rings (SSSR count). The van der Waals surface area contributed by atoms with Crippen LogP contribution in [0, 0.1) is 0 Å². The monoisotopic (exact) mass is 360 g/mol. The molecule has 27 heavy (non-hydrogen) atoms. The maximum Gasteiger partial charge on any atom is 0.311 e. The molecular formula is C22H20N2O3. The molecule has 0 unspecified atom stereocenters. The summed E-state index contributed by atoms with van der Waals surface area (Å²) in [5.74, 6) is 0.269. The average molecular weight is 360 g/mol. The third kappa shape index (κ3) is 4.08. The number of aromatic amines is 1. The summed E-state index contributed by atoms with van der Waals surface area (Å²) in [4.78, 5) is 26.9. The lowest BCUT2D eigenvalue weighted by atomic mass is 10.0. The van der Waals surface area contributed by atoms with Crippen LogP contribution in [0.5, 0.6) is 5.75 Å². The Labute approximate surface area is 157 Å². The van der Waals surface area contributed by atoms with Crippen LogP contribution in [-0.2, 0) is 22.4 Å². The Morgan fingerprint density at radius 3 is 2.70 bits per heavy atom. The van der Waals surface area contributed by atoms with E-state index in [2.05, 4.69) is 10.3 Å². The highest BCUT2D eigenvalue weighted by atomic mass is 16.5. The molecule has 1 aromatic heterocycles. The highest BCUT2D eigenvalue weighted by Gasteiger charge is 2.16. The molecule has 0 radical (unpaired) electrons. The number of ether oxygens (including phenoxy) is 1. The number of aromatic nitrogens is 1. The number of carbonyl (C=O) groups is 2. The minimum Gasteiger partial charge on any atom is -0.427 e. The third-order valence-electron chi connectivity index (χ3n) is 4.63. The molecule has 3 aromatic rings. The van der Waals surface area contributed by atoms with Crippen molar-refractivity contribution in [2.45, 2.75) is 25.7 Å². The molecule has 2 heterocycles. The van der Waals surface area contributed by atoms with Crippen molar-refractivity contribution >= 4 is 17.6 Å². The highest BCUT2D eigenvalue weighted by Crippen LogP contribution is 2.27. The van der Waals surface area contributed by atoms with E-state index in [-0.39, 0.29) is 11.9 Å². The summed E-state index contributed by atoms with van der Waals surface area (Å²) in [7, 11) is 0. The minimum absolute atomic E-state index is 0.0214. The smallest absolute Gasteiger partial charge is 0.311 e. The van der Waals surface area contributed by atoms with Crippen molar-refractivity contribution in [1.82, 2.24) is 4.98 Å². The number of esters is 1. The molecule has 0 saturated heterocycles. The van der Waals surface area contributed by atoms with E-state index in [4.69, 9.17) is 4.74 Å². The lowest BCUT2D eigenvalue weighted by Crippen LogP contribution is -2.19. The number of hydrogen-bond acceptors (Lipinski definition) is 3. The fourth-order valence-corrected chi connectivity index (χ4v) is 3.21. The first kappa shape index (κ1) is 17.1. The fraction of sp³-hybridized carbons (Fsp3) is 0.182. The van der Waals surface area contributed by atoms with E-state index in [1.807, 2.05) is 48.5 Å². The van der Waals surface area contributed by atoms with Crippen LogP contribution in [0.2, 0.25) is 0 Å². The van der Waals surface area contributed by atoms with Crippen LogP contribution in [0.3, 0.4) is 0 Å². The van der Waals surface area contributed by atoms with E-state index in [1.54, 1.807) is 12.1 Å². The Kier molecular flexibility index (Phi) is 4.75. The number of anilines is 1. The number of benzene rings is 2. The van der Waals surface area contributed by atoms with Crippen molar-refractivity contribution in [3.05, 3.63) is 71.9 Å². The van der Waals surface area contributed by atoms with Crippen molar-refractivity contribution in [3.8, 4) is 17.0 Å². The van der Waals surface area contributed by atoms with Gasteiger partial charge in [-0.15, -0.1) is 0 Å². The van der Waals surface area contributed by atoms with Crippen molar-refractivity contribution in [2.75, 3.05) is 5.32 Å². The van der Waals surface area contributed by atoms with E-state index >= 15 is 0 Å². The Balaban J connectivity index is 1.34. The molecule has 1 aliphatic heterocycles. The van der Waals surface area contributed by atoms with Gasteiger partial charge in [-0.1, -0.05) is 30.3 Å². The van der Waals surface area contributed by atoms with Crippen LogP contribution in [0.1, 0.15) is 24.1 Å². The first-order valence-corrected chi connectivity index (χ1v) is 9.04. The molecule has 136 valence electrons. The zero-order valence-electron chi connectivity index (χ0n) is 14.8. The standard InChI is InChI=1S/C22H20N2O3/c25-21-12-6-16-14-18(9-11-20(16)24-21)27-22(26)13-8-17-7-10-19(23-17)15-4-2-1-3-5-15/h1-5,7,9-11,14,23H,6,8,12-13H2,(H,24,25). The van der Waals surface area contributed by atoms with Gasteiger partial charge in [0.05, 0.1) is 6.42 Å². The number of H-pyrrole nitrogens is 1. The largest absolute Gasteiger partial charge is 0.427 e. The zero-order chi connectivity index (χ0) is 18.6. The van der Waals surface area contributed by atoms with Gasteiger partial charge in [0.25, 0.3) is 0 Å². The first-order chi connectivity index (χ1) is 13.2. The molecule has 1 aliphatic rings. The Hall–Kier alpha value is -3.34. The van der Waals surface area contributed by atoms with Crippen molar-refractivity contribution in [3.63, 3.8) is 0 Å². The summed E-state index contributed by atoms with van der Waals surface area (Å²) in [5, 5.41) is 2.82. The lowest BCUT2D eigenvalue weighted by molar-refractivity contribution is -0.134. The van der Waals surface area contributed by atoms with Gasteiger partial charge in [-0.3, -0.25) is 9.59 Å². The van der Waals surface area contributed by atoms with Gasteiger partial charge in [-0.25, -0.2) is 0 Å². The Morgan fingerprint density at radius 1 is 1.00 bits per heavy atom. The number of hydrogen-bond donors (Lipinski definition) is 2. The maximum atomic E-state index is 12.2. The molecule has 0 atom stereocenters. The summed E-state index contributed by atoms with van der Waals surface area (Å²) in [6, 6.07) is 19.4. The average Bonchev–Trinajstić information content (AvgIpc) is 3.16. The Morgan fingerprint density at radius 2 is 1.85 bits per heavy atom. The summed E-state index contributed by atoms with van der Waals surface area (Å²) >= 11 is 0. The second kappa shape index (κ2) is 7.50. The van der Waals surface area contributed by atoms with Crippen LogP contribution in [0.4, 0.5) is 5.69 Å².